The largest absolute Gasteiger partial charge is 0.480 e. The van der Waals surface area contributed by atoms with Gasteiger partial charge < -0.3 is 10.0 Å². The number of aryl methyl sites for hydroxylation is 2. The van der Waals surface area contributed by atoms with Crippen LogP contribution in [0.4, 0.5) is 5.82 Å². The normalized spacial score (nSPS) is 9.33. The maximum Gasteiger partial charge on any atom is 0.323 e. The zero-order chi connectivity index (χ0) is 13.7. The van der Waals surface area contributed by atoms with E-state index < -0.39 is 5.97 Å². The summed E-state index contributed by atoms with van der Waals surface area (Å²) in [7, 11) is 0. The number of anilines is 1. The second kappa shape index (κ2) is 5.70. The minimum atomic E-state index is -1.02. The van der Waals surface area contributed by atoms with Crippen LogP contribution in [0.25, 0.3) is 0 Å². The van der Waals surface area contributed by atoms with Crippen LogP contribution in [0.1, 0.15) is 16.8 Å². The van der Waals surface area contributed by atoms with Crippen LogP contribution in [0.2, 0.25) is 0 Å². The van der Waals surface area contributed by atoms with Crippen LogP contribution in [-0.2, 0) is 4.79 Å². The van der Waals surface area contributed by atoms with Crippen LogP contribution >= 0.6 is 0 Å². The number of hydrogen-bond donors (Lipinski definition) is 1. The van der Waals surface area contributed by atoms with Crippen molar-refractivity contribution in [1.29, 1.82) is 5.26 Å². The summed E-state index contributed by atoms with van der Waals surface area (Å²) in [5.74, 6) is 1.69. The van der Waals surface area contributed by atoms with Crippen molar-refractivity contribution in [2.75, 3.05) is 18.0 Å². The highest BCUT2D eigenvalue weighted by atomic mass is 16.4. The lowest BCUT2D eigenvalue weighted by Crippen LogP contribution is -2.31. The molecule has 5 nitrogen and oxygen atoms in total. The number of carbonyl (C=O) groups is 1. The van der Waals surface area contributed by atoms with Gasteiger partial charge in [-0.3, -0.25) is 4.79 Å². The van der Waals surface area contributed by atoms with Crippen LogP contribution in [0.15, 0.2) is 6.07 Å². The van der Waals surface area contributed by atoms with E-state index >= 15 is 0 Å². The minimum absolute atomic E-state index is 0.0941. The van der Waals surface area contributed by atoms with Crippen molar-refractivity contribution in [1.82, 2.24) is 4.98 Å². The Balaban J connectivity index is 3.31. The van der Waals surface area contributed by atoms with Gasteiger partial charge in [0.2, 0.25) is 0 Å². The summed E-state index contributed by atoms with van der Waals surface area (Å²) in [6.07, 6.45) is 5.21. The Bertz CT molecular complexity index is 553. The number of pyridine rings is 1. The van der Waals surface area contributed by atoms with E-state index in [0.29, 0.717) is 17.1 Å². The average Bonchev–Trinajstić information content (AvgIpc) is 2.27. The first-order valence-electron chi connectivity index (χ1n) is 5.28. The van der Waals surface area contributed by atoms with Gasteiger partial charge in [0, 0.05) is 5.69 Å². The molecule has 0 atom stereocenters. The van der Waals surface area contributed by atoms with Gasteiger partial charge >= 0.3 is 5.97 Å². The maximum atomic E-state index is 10.8. The van der Waals surface area contributed by atoms with Crippen LogP contribution < -0.4 is 4.90 Å². The molecule has 0 aliphatic carbocycles. The van der Waals surface area contributed by atoms with Crippen molar-refractivity contribution in [3.05, 3.63) is 22.9 Å². The molecule has 1 aromatic heterocycles. The summed E-state index contributed by atoms with van der Waals surface area (Å²) in [6, 6.07) is 3.81. The molecule has 92 valence electrons. The van der Waals surface area contributed by atoms with Crippen molar-refractivity contribution in [3.8, 4) is 18.4 Å². The molecular formula is C13H13N3O2. The lowest BCUT2D eigenvalue weighted by atomic mass is 10.1. The van der Waals surface area contributed by atoms with Crippen molar-refractivity contribution in [2.24, 2.45) is 0 Å². The summed E-state index contributed by atoms with van der Waals surface area (Å²) in [6.45, 7) is 3.38. The molecule has 18 heavy (non-hydrogen) atoms. The molecule has 0 saturated carbocycles. The van der Waals surface area contributed by atoms with Gasteiger partial charge in [0.1, 0.15) is 18.4 Å². The second-order valence-corrected chi connectivity index (χ2v) is 3.84. The first-order chi connectivity index (χ1) is 8.49. The lowest BCUT2D eigenvalue weighted by molar-refractivity contribution is -0.135. The number of rotatable bonds is 4. The lowest BCUT2D eigenvalue weighted by Gasteiger charge is -2.21. The van der Waals surface area contributed by atoms with E-state index in [2.05, 4.69) is 10.9 Å². The number of aliphatic carboxylic acids is 1. The molecule has 0 aliphatic heterocycles. The summed E-state index contributed by atoms with van der Waals surface area (Å²) in [5, 5.41) is 18.0. The fourth-order valence-corrected chi connectivity index (χ4v) is 1.66. The molecule has 0 amide bonds. The molecule has 0 saturated heterocycles. The van der Waals surface area contributed by atoms with Crippen LogP contribution in [-0.4, -0.2) is 29.1 Å². The topological polar surface area (TPSA) is 77.2 Å². The summed E-state index contributed by atoms with van der Waals surface area (Å²) >= 11 is 0. The second-order valence-electron chi connectivity index (χ2n) is 3.84. The van der Waals surface area contributed by atoms with E-state index in [1.54, 1.807) is 19.9 Å². The van der Waals surface area contributed by atoms with E-state index in [1.165, 1.54) is 4.90 Å². The van der Waals surface area contributed by atoms with Crippen LogP contribution in [0.5, 0.6) is 0 Å². The molecule has 0 unspecified atom stereocenters. The van der Waals surface area contributed by atoms with Crippen molar-refractivity contribution < 1.29 is 9.90 Å². The molecule has 1 heterocycles. The third kappa shape index (κ3) is 2.99. The van der Waals surface area contributed by atoms with Gasteiger partial charge in [-0.15, -0.1) is 6.42 Å². The first kappa shape index (κ1) is 13.5. The molecule has 0 bridgehead atoms. The van der Waals surface area contributed by atoms with E-state index in [9.17, 15) is 4.79 Å². The van der Waals surface area contributed by atoms with Crippen molar-refractivity contribution >= 4 is 11.8 Å². The number of hydrogen-bond acceptors (Lipinski definition) is 4. The predicted octanol–water partition coefficient (Wildman–Crippen LogP) is 1.09. The molecule has 1 N–H and O–H groups in total. The summed E-state index contributed by atoms with van der Waals surface area (Å²) in [5.41, 5.74) is 1.83. The molecule has 1 aromatic rings. The number of nitrogens with zero attached hydrogens (tertiary/aromatic N) is 3. The summed E-state index contributed by atoms with van der Waals surface area (Å²) < 4.78 is 0. The minimum Gasteiger partial charge on any atom is -0.480 e. The Labute approximate surface area is 106 Å². The van der Waals surface area contributed by atoms with E-state index in [-0.39, 0.29) is 13.1 Å². The Hall–Kier alpha value is -2.53. The van der Waals surface area contributed by atoms with Gasteiger partial charge in [0.25, 0.3) is 0 Å². The van der Waals surface area contributed by atoms with E-state index in [4.69, 9.17) is 16.8 Å². The number of carboxylic acids is 1. The van der Waals surface area contributed by atoms with Gasteiger partial charge in [-0.2, -0.15) is 5.26 Å². The SMILES string of the molecule is C#CCN(CC(=O)O)c1nc(C)cc(C)c1C#N. The molecule has 1 rings (SSSR count). The van der Waals surface area contributed by atoms with E-state index in [1.807, 2.05) is 6.07 Å². The number of aromatic nitrogens is 1. The third-order valence-corrected chi connectivity index (χ3v) is 2.35. The zero-order valence-electron chi connectivity index (χ0n) is 10.3. The molecule has 0 fully saturated rings. The monoisotopic (exact) mass is 243 g/mol. The Morgan fingerprint density at radius 2 is 2.28 bits per heavy atom. The highest BCUT2D eigenvalue weighted by molar-refractivity contribution is 5.74. The average molecular weight is 243 g/mol. The molecule has 0 radical (unpaired) electrons. The molecule has 0 aliphatic rings. The molecule has 0 aromatic carbocycles. The highest BCUT2D eigenvalue weighted by Crippen LogP contribution is 2.21. The Morgan fingerprint density at radius 3 is 2.78 bits per heavy atom. The van der Waals surface area contributed by atoms with Crippen LogP contribution in [0, 0.1) is 37.5 Å². The standard InChI is InChI=1S/C13H13N3O2/c1-4-5-16(8-12(17)18)13-11(7-14)9(2)6-10(3)15-13/h1,6H,5,8H2,2-3H3,(H,17,18). The zero-order valence-corrected chi connectivity index (χ0v) is 10.3. The smallest absolute Gasteiger partial charge is 0.323 e. The fourth-order valence-electron chi connectivity index (χ4n) is 1.66. The number of terminal acetylenes is 1. The Morgan fingerprint density at radius 1 is 1.61 bits per heavy atom. The maximum absolute atomic E-state index is 10.8. The number of nitriles is 1. The molecule has 5 heteroatoms. The van der Waals surface area contributed by atoms with Gasteiger partial charge in [-0.05, 0) is 25.5 Å². The quantitative estimate of drug-likeness (QED) is 0.801. The third-order valence-electron chi connectivity index (χ3n) is 2.35. The Kier molecular flexibility index (Phi) is 4.28. The summed E-state index contributed by atoms with van der Waals surface area (Å²) in [4.78, 5) is 16.4. The van der Waals surface area contributed by atoms with Gasteiger partial charge in [-0.25, -0.2) is 4.98 Å². The number of carboxylic acid groups (broad SMARTS) is 1. The van der Waals surface area contributed by atoms with Crippen LogP contribution in [0.3, 0.4) is 0 Å². The first-order valence-corrected chi connectivity index (χ1v) is 5.28. The fraction of sp³-hybridized carbons (Fsp3) is 0.308. The van der Waals surface area contributed by atoms with Crippen molar-refractivity contribution in [3.63, 3.8) is 0 Å². The van der Waals surface area contributed by atoms with E-state index in [0.717, 1.165) is 5.56 Å². The van der Waals surface area contributed by atoms with Gasteiger partial charge in [0.15, 0.2) is 0 Å². The molecular weight excluding hydrogens is 230 g/mol. The molecule has 0 spiro atoms. The predicted molar refractivity (Wildman–Crippen MR) is 67.1 cm³/mol. The van der Waals surface area contributed by atoms with Gasteiger partial charge in [-0.1, -0.05) is 5.92 Å². The highest BCUT2D eigenvalue weighted by Gasteiger charge is 2.17. The van der Waals surface area contributed by atoms with Crippen molar-refractivity contribution in [2.45, 2.75) is 13.8 Å². The van der Waals surface area contributed by atoms with Gasteiger partial charge in [0.05, 0.1) is 12.1 Å².